The third kappa shape index (κ3) is 2.97. The molecule has 0 bridgehead atoms. The quantitative estimate of drug-likeness (QED) is 0.885. The summed E-state index contributed by atoms with van der Waals surface area (Å²) < 4.78 is 0. The van der Waals surface area contributed by atoms with Crippen LogP contribution in [0.5, 0.6) is 0 Å². The Bertz CT molecular complexity index is 468. The van der Waals surface area contributed by atoms with Crippen molar-refractivity contribution in [3.8, 4) is 0 Å². The van der Waals surface area contributed by atoms with Gasteiger partial charge in [-0.15, -0.1) is 11.3 Å². The van der Waals surface area contributed by atoms with E-state index in [1.165, 1.54) is 4.88 Å². The molecular weight excluding hydrogens is 260 g/mol. The Kier molecular flexibility index (Phi) is 3.55. The van der Waals surface area contributed by atoms with E-state index in [0.29, 0.717) is 25.6 Å². The lowest BCUT2D eigenvalue weighted by Gasteiger charge is -2.15. The van der Waals surface area contributed by atoms with E-state index in [0.717, 1.165) is 19.3 Å². The maximum atomic E-state index is 12.0. The molecule has 1 atom stereocenters. The molecule has 1 aromatic rings. The van der Waals surface area contributed by atoms with Crippen LogP contribution in [0.15, 0.2) is 17.5 Å². The average molecular weight is 278 g/mol. The third-order valence-electron chi connectivity index (χ3n) is 3.77. The molecule has 1 saturated heterocycles. The number of carbonyl (C=O) groups is 2. The molecule has 1 aliphatic heterocycles. The fraction of sp³-hybridized carbons (Fsp3) is 0.571. The van der Waals surface area contributed by atoms with Crippen LogP contribution in [0.4, 0.5) is 0 Å². The molecule has 2 aliphatic rings. The van der Waals surface area contributed by atoms with Crippen LogP contribution in [-0.4, -0.2) is 35.8 Å². The highest BCUT2D eigenvalue weighted by Crippen LogP contribution is 2.32. The Morgan fingerprint density at radius 2 is 2.32 bits per heavy atom. The Morgan fingerprint density at radius 1 is 1.47 bits per heavy atom. The number of thiophene rings is 1. The molecule has 0 aromatic carbocycles. The van der Waals surface area contributed by atoms with Crippen LogP contribution in [0.25, 0.3) is 0 Å². The molecule has 1 aliphatic carbocycles. The standard InChI is InChI=1S/C14H18N2O2S/c17-13-8-10(9-16(13)11-3-4-11)14(18)15-6-5-12-2-1-7-19-12/h1-2,7,10-11H,3-6,8-9H2,(H,15,18). The molecule has 2 fully saturated rings. The van der Waals surface area contributed by atoms with Crippen LogP contribution in [0.3, 0.4) is 0 Å². The number of hydrogen-bond acceptors (Lipinski definition) is 3. The van der Waals surface area contributed by atoms with Gasteiger partial charge in [-0.3, -0.25) is 9.59 Å². The van der Waals surface area contributed by atoms with Crippen LogP contribution in [0.2, 0.25) is 0 Å². The lowest BCUT2D eigenvalue weighted by Crippen LogP contribution is -2.34. The second-order valence-corrected chi connectivity index (χ2v) is 6.33. The molecule has 1 saturated carbocycles. The molecular formula is C14H18N2O2S. The number of nitrogens with one attached hydrogen (secondary N) is 1. The molecule has 1 aromatic heterocycles. The zero-order valence-electron chi connectivity index (χ0n) is 10.8. The van der Waals surface area contributed by atoms with Gasteiger partial charge in [-0.05, 0) is 30.7 Å². The highest BCUT2D eigenvalue weighted by Gasteiger charge is 2.41. The van der Waals surface area contributed by atoms with Crippen molar-refractivity contribution in [3.05, 3.63) is 22.4 Å². The second-order valence-electron chi connectivity index (χ2n) is 5.30. The van der Waals surface area contributed by atoms with E-state index in [-0.39, 0.29) is 17.7 Å². The molecule has 19 heavy (non-hydrogen) atoms. The number of carbonyl (C=O) groups excluding carboxylic acids is 2. The zero-order valence-corrected chi connectivity index (χ0v) is 11.6. The van der Waals surface area contributed by atoms with Crippen molar-refractivity contribution in [3.63, 3.8) is 0 Å². The first-order chi connectivity index (χ1) is 9.24. The molecule has 4 nitrogen and oxygen atoms in total. The van der Waals surface area contributed by atoms with E-state index in [9.17, 15) is 9.59 Å². The minimum absolute atomic E-state index is 0.0352. The largest absolute Gasteiger partial charge is 0.355 e. The summed E-state index contributed by atoms with van der Waals surface area (Å²) in [6, 6.07) is 4.52. The summed E-state index contributed by atoms with van der Waals surface area (Å²) in [5.41, 5.74) is 0. The molecule has 0 spiro atoms. The van der Waals surface area contributed by atoms with Gasteiger partial charge < -0.3 is 10.2 Å². The Balaban J connectivity index is 1.44. The topological polar surface area (TPSA) is 49.4 Å². The van der Waals surface area contributed by atoms with Gasteiger partial charge in [0, 0.05) is 30.4 Å². The van der Waals surface area contributed by atoms with E-state index in [1.807, 2.05) is 16.3 Å². The maximum absolute atomic E-state index is 12.0. The van der Waals surface area contributed by atoms with Crippen LogP contribution in [0.1, 0.15) is 24.1 Å². The number of nitrogens with zero attached hydrogens (tertiary/aromatic N) is 1. The van der Waals surface area contributed by atoms with Gasteiger partial charge in [-0.25, -0.2) is 0 Å². The first-order valence-electron chi connectivity index (χ1n) is 6.83. The van der Waals surface area contributed by atoms with Gasteiger partial charge in [0.2, 0.25) is 11.8 Å². The SMILES string of the molecule is O=C(NCCc1cccs1)C1CC(=O)N(C2CC2)C1. The summed E-state index contributed by atoms with van der Waals surface area (Å²) >= 11 is 1.71. The maximum Gasteiger partial charge on any atom is 0.225 e. The van der Waals surface area contributed by atoms with E-state index in [1.54, 1.807) is 11.3 Å². The van der Waals surface area contributed by atoms with Gasteiger partial charge in [0.1, 0.15) is 0 Å². The highest BCUT2D eigenvalue weighted by molar-refractivity contribution is 7.09. The first kappa shape index (κ1) is 12.7. The van der Waals surface area contributed by atoms with Gasteiger partial charge in [0.05, 0.1) is 5.92 Å². The summed E-state index contributed by atoms with van der Waals surface area (Å²) in [7, 11) is 0. The van der Waals surface area contributed by atoms with Crippen LogP contribution >= 0.6 is 11.3 Å². The zero-order chi connectivity index (χ0) is 13.2. The number of rotatable bonds is 5. The van der Waals surface area contributed by atoms with Crippen molar-refractivity contribution in [2.75, 3.05) is 13.1 Å². The van der Waals surface area contributed by atoms with Crippen molar-refractivity contribution in [2.24, 2.45) is 5.92 Å². The lowest BCUT2D eigenvalue weighted by molar-refractivity contribution is -0.129. The van der Waals surface area contributed by atoms with Crippen LogP contribution < -0.4 is 5.32 Å². The minimum Gasteiger partial charge on any atom is -0.355 e. The van der Waals surface area contributed by atoms with Gasteiger partial charge in [-0.1, -0.05) is 6.07 Å². The number of hydrogen-bond donors (Lipinski definition) is 1. The van der Waals surface area contributed by atoms with Gasteiger partial charge in [0.15, 0.2) is 0 Å². The van der Waals surface area contributed by atoms with Crippen LogP contribution in [-0.2, 0) is 16.0 Å². The fourth-order valence-corrected chi connectivity index (χ4v) is 3.26. The first-order valence-corrected chi connectivity index (χ1v) is 7.71. The molecule has 0 radical (unpaired) electrons. The van der Waals surface area contributed by atoms with E-state index < -0.39 is 0 Å². The van der Waals surface area contributed by atoms with Crippen molar-refractivity contribution >= 4 is 23.2 Å². The second kappa shape index (κ2) is 5.33. The summed E-state index contributed by atoms with van der Waals surface area (Å²) in [5.74, 6) is 0.0467. The smallest absolute Gasteiger partial charge is 0.225 e. The average Bonchev–Trinajstić information content (AvgIpc) is 2.96. The number of amides is 2. The van der Waals surface area contributed by atoms with Gasteiger partial charge in [0.25, 0.3) is 0 Å². The minimum atomic E-state index is -0.142. The monoisotopic (exact) mass is 278 g/mol. The summed E-state index contributed by atoms with van der Waals surface area (Å²) in [5, 5.41) is 4.99. The third-order valence-corrected chi connectivity index (χ3v) is 4.70. The van der Waals surface area contributed by atoms with E-state index >= 15 is 0 Å². The van der Waals surface area contributed by atoms with Crippen molar-refractivity contribution in [1.82, 2.24) is 10.2 Å². The van der Waals surface area contributed by atoms with E-state index in [4.69, 9.17) is 0 Å². The van der Waals surface area contributed by atoms with Gasteiger partial charge >= 0.3 is 0 Å². The fourth-order valence-electron chi connectivity index (χ4n) is 2.55. The highest BCUT2D eigenvalue weighted by atomic mass is 32.1. The summed E-state index contributed by atoms with van der Waals surface area (Å²) in [4.78, 5) is 27.0. The van der Waals surface area contributed by atoms with E-state index in [2.05, 4.69) is 11.4 Å². The molecule has 102 valence electrons. The number of likely N-dealkylation sites (tertiary alicyclic amines) is 1. The lowest BCUT2D eigenvalue weighted by atomic mass is 10.1. The Morgan fingerprint density at radius 3 is 3.00 bits per heavy atom. The molecule has 2 heterocycles. The predicted molar refractivity (Wildman–Crippen MR) is 73.9 cm³/mol. The molecule has 3 rings (SSSR count). The molecule has 5 heteroatoms. The summed E-state index contributed by atoms with van der Waals surface area (Å²) in [6.07, 6.45) is 3.48. The Labute approximate surface area is 116 Å². The van der Waals surface area contributed by atoms with Crippen molar-refractivity contribution in [2.45, 2.75) is 31.7 Å². The Hall–Kier alpha value is -1.36. The molecule has 1 unspecified atom stereocenters. The summed E-state index contributed by atoms with van der Waals surface area (Å²) in [6.45, 7) is 1.28. The molecule has 1 N–H and O–H groups in total. The normalized spacial score (nSPS) is 22.8. The predicted octanol–water partition coefficient (Wildman–Crippen LogP) is 1.42. The van der Waals surface area contributed by atoms with Crippen LogP contribution in [0, 0.1) is 5.92 Å². The van der Waals surface area contributed by atoms with Gasteiger partial charge in [-0.2, -0.15) is 0 Å². The molecule has 2 amide bonds. The van der Waals surface area contributed by atoms with Crippen molar-refractivity contribution in [1.29, 1.82) is 0 Å². The van der Waals surface area contributed by atoms with Crippen molar-refractivity contribution < 1.29 is 9.59 Å².